The van der Waals surface area contributed by atoms with E-state index in [1.807, 2.05) is 38.1 Å². The predicted octanol–water partition coefficient (Wildman–Crippen LogP) is 2.71. The largest absolute Gasteiger partial charge is 0.353 e. The van der Waals surface area contributed by atoms with E-state index in [9.17, 15) is 14.0 Å². The van der Waals surface area contributed by atoms with Crippen LogP contribution in [0.25, 0.3) is 5.65 Å². The van der Waals surface area contributed by atoms with E-state index < -0.39 is 5.69 Å². The number of aryl methyl sites for hydroxylation is 2. The fourth-order valence-electron chi connectivity index (χ4n) is 3.17. The molecule has 0 unspecified atom stereocenters. The summed E-state index contributed by atoms with van der Waals surface area (Å²) in [5, 5.41) is 10.2. The SMILES string of the molecule is Cc1cc2nn(CC(=O)NCc3ccc(F)cc3)c(=O)n2c(Nc2ccccc2C)n1. The van der Waals surface area contributed by atoms with Gasteiger partial charge in [0.15, 0.2) is 5.65 Å². The summed E-state index contributed by atoms with van der Waals surface area (Å²) >= 11 is 0. The number of carbonyl (C=O) groups excluding carboxylic acids is 1. The summed E-state index contributed by atoms with van der Waals surface area (Å²) in [5.41, 5.74) is 3.16. The average molecular weight is 420 g/mol. The Balaban J connectivity index is 1.57. The average Bonchev–Trinajstić information content (AvgIpc) is 3.04. The van der Waals surface area contributed by atoms with Gasteiger partial charge in [-0.1, -0.05) is 30.3 Å². The van der Waals surface area contributed by atoms with E-state index in [-0.39, 0.29) is 24.8 Å². The van der Waals surface area contributed by atoms with Crippen LogP contribution in [0, 0.1) is 19.7 Å². The molecule has 4 aromatic rings. The molecule has 158 valence electrons. The Morgan fingerprint density at radius 3 is 2.58 bits per heavy atom. The summed E-state index contributed by atoms with van der Waals surface area (Å²) in [7, 11) is 0. The number of amides is 1. The van der Waals surface area contributed by atoms with Gasteiger partial charge in [0.05, 0.1) is 0 Å². The van der Waals surface area contributed by atoms with Gasteiger partial charge in [-0.15, -0.1) is 5.10 Å². The third kappa shape index (κ3) is 4.45. The third-order valence-corrected chi connectivity index (χ3v) is 4.78. The zero-order valence-corrected chi connectivity index (χ0v) is 17.1. The number of hydrogen-bond donors (Lipinski definition) is 2. The number of hydrogen-bond acceptors (Lipinski definition) is 5. The zero-order valence-electron chi connectivity index (χ0n) is 17.1. The standard InChI is InChI=1S/C22H21FN6O2/c1-14-5-3-4-6-18(14)26-21-25-15(2)11-19-27-28(22(31)29(19)21)13-20(30)24-12-16-7-9-17(23)10-8-16/h3-11H,12-13H2,1-2H3,(H,24,30)(H,25,26). The summed E-state index contributed by atoms with van der Waals surface area (Å²) < 4.78 is 15.4. The fourth-order valence-corrected chi connectivity index (χ4v) is 3.17. The molecule has 0 atom stereocenters. The molecule has 0 saturated heterocycles. The first-order valence-electron chi connectivity index (χ1n) is 9.72. The molecule has 0 aliphatic heterocycles. The molecule has 0 fully saturated rings. The van der Waals surface area contributed by atoms with Crippen LogP contribution < -0.4 is 16.3 Å². The minimum atomic E-state index is -0.476. The normalized spacial score (nSPS) is 10.9. The third-order valence-electron chi connectivity index (χ3n) is 4.78. The quantitative estimate of drug-likeness (QED) is 0.500. The van der Waals surface area contributed by atoms with E-state index in [2.05, 4.69) is 20.7 Å². The highest BCUT2D eigenvalue weighted by atomic mass is 19.1. The zero-order chi connectivity index (χ0) is 22.0. The van der Waals surface area contributed by atoms with Crippen molar-refractivity contribution in [1.82, 2.24) is 24.5 Å². The molecule has 1 amide bonds. The maximum absolute atomic E-state index is 13.0. The summed E-state index contributed by atoms with van der Waals surface area (Å²) in [6.45, 7) is 3.74. The lowest BCUT2D eigenvalue weighted by Gasteiger charge is -2.10. The maximum Gasteiger partial charge on any atom is 0.353 e. The van der Waals surface area contributed by atoms with Crippen molar-refractivity contribution >= 4 is 23.2 Å². The van der Waals surface area contributed by atoms with Crippen LogP contribution in [0.4, 0.5) is 16.0 Å². The molecule has 0 spiro atoms. The molecule has 8 nitrogen and oxygen atoms in total. The van der Waals surface area contributed by atoms with Crippen molar-refractivity contribution < 1.29 is 9.18 Å². The Morgan fingerprint density at radius 2 is 1.84 bits per heavy atom. The van der Waals surface area contributed by atoms with Gasteiger partial charge in [0.2, 0.25) is 11.9 Å². The predicted molar refractivity (Wildman–Crippen MR) is 115 cm³/mol. The van der Waals surface area contributed by atoms with Crippen molar-refractivity contribution in [3.05, 3.63) is 87.7 Å². The summed E-state index contributed by atoms with van der Waals surface area (Å²) in [5.74, 6) is -0.398. The summed E-state index contributed by atoms with van der Waals surface area (Å²) in [6, 6.07) is 15.2. The molecule has 0 radical (unpaired) electrons. The number of para-hydroxylation sites is 1. The van der Waals surface area contributed by atoms with Crippen LogP contribution >= 0.6 is 0 Å². The minimum absolute atomic E-state index is 0.224. The van der Waals surface area contributed by atoms with E-state index >= 15 is 0 Å². The maximum atomic E-state index is 13.0. The lowest BCUT2D eigenvalue weighted by atomic mass is 10.2. The van der Waals surface area contributed by atoms with Gasteiger partial charge in [-0.25, -0.2) is 23.3 Å². The van der Waals surface area contributed by atoms with Crippen LogP contribution in [-0.4, -0.2) is 25.1 Å². The first-order chi connectivity index (χ1) is 14.9. The van der Waals surface area contributed by atoms with Gasteiger partial charge in [-0.05, 0) is 43.2 Å². The molecule has 2 heterocycles. The van der Waals surface area contributed by atoms with Crippen LogP contribution in [0.2, 0.25) is 0 Å². The molecule has 0 bridgehead atoms. The van der Waals surface area contributed by atoms with Crippen LogP contribution in [0.5, 0.6) is 0 Å². The number of nitrogens with zero attached hydrogens (tertiary/aromatic N) is 4. The Labute approximate surface area is 177 Å². The van der Waals surface area contributed by atoms with Crippen LogP contribution in [0.15, 0.2) is 59.4 Å². The van der Waals surface area contributed by atoms with Crippen molar-refractivity contribution in [3.63, 3.8) is 0 Å². The van der Waals surface area contributed by atoms with Gasteiger partial charge in [0.25, 0.3) is 0 Å². The van der Waals surface area contributed by atoms with Gasteiger partial charge in [0, 0.05) is 24.0 Å². The summed E-state index contributed by atoms with van der Waals surface area (Å²) in [4.78, 5) is 29.7. The Kier molecular flexibility index (Phi) is 5.48. The fraction of sp³-hybridized carbons (Fsp3) is 0.182. The molecule has 0 saturated carbocycles. The van der Waals surface area contributed by atoms with Crippen molar-refractivity contribution in [1.29, 1.82) is 0 Å². The van der Waals surface area contributed by atoms with E-state index in [0.29, 0.717) is 17.3 Å². The Bertz CT molecular complexity index is 1310. The number of nitrogens with one attached hydrogen (secondary N) is 2. The van der Waals surface area contributed by atoms with Gasteiger partial charge in [0.1, 0.15) is 12.4 Å². The van der Waals surface area contributed by atoms with E-state index in [4.69, 9.17) is 0 Å². The highest BCUT2D eigenvalue weighted by molar-refractivity contribution is 5.75. The highest BCUT2D eigenvalue weighted by Crippen LogP contribution is 2.19. The number of halogens is 1. The molecule has 2 aromatic carbocycles. The van der Waals surface area contributed by atoms with E-state index in [1.54, 1.807) is 18.2 Å². The highest BCUT2D eigenvalue weighted by Gasteiger charge is 2.15. The van der Waals surface area contributed by atoms with Crippen molar-refractivity contribution in [2.24, 2.45) is 0 Å². The van der Waals surface area contributed by atoms with E-state index in [1.165, 1.54) is 16.5 Å². The smallest absolute Gasteiger partial charge is 0.350 e. The van der Waals surface area contributed by atoms with Gasteiger partial charge >= 0.3 is 5.69 Å². The molecule has 2 N–H and O–H groups in total. The minimum Gasteiger partial charge on any atom is -0.350 e. The molecule has 9 heteroatoms. The summed E-state index contributed by atoms with van der Waals surface area (Å²) in [6.07, 6.45) is 0. The first-order valence-corrected chi connectivity index (χ1v) is 9.72. The Hall–Kier alpha value is -4.01. The second kappa shape index (κ2) is 8.39. The number of anilines is 2. The second-order valence-electron chi connectivity index (χ2n) is 7.20. The van der Waals surface area contributed by atoms with Crippen LogP contribution in [0.1, 0.15) is 16.8 Å². The van der Waals surface area contributed by atoms with Gasteiger partial charge in [-0.3, -0.25) is 4.79 Å². The molecule has 2 aromatic heterocycles. The molecule has 0 aliphatic carbocycles. The number of carbonyl (C=O) groups is 1. The van der Waals surface area contributed by atoms with Gasteiger partial charge < -0.3 is 10.6 Å². The molecular weight excluding hydrogens is 399 g/mol. The topological polar surface area (TPSA) is 93.3 Å². The number of rotatable bonds is 6. The van der Waals surface area contributed by atoms with Crippen molar-refractivity contribution in [2.45, 2.75) is 26.9 Å². The van der Waals surface area contributed by atoms with Gasteiger partial charge in [-0.2, -0.15) is 0 Å². The first kappa shape index (κ1) is 20.3. The van der Waals surface area contributed by atoms with E-state index in [0.717, 1.165) is 21.5 Å². The molecule has 0 aliphatic rings. The molecule has 31 heavy (non-hydrogen) atoms. The lowest BCUT2D eigenvalue weighted by Crippen LogP contribution is -2.32. The Morgan fingerprint density at radius 1 is 1.10 bits per heavy atom. The van der Waals surface area contributed by atoms with Crippen molar-refractivity contribution in [2.75, 3.05) is 5.32 Å². The molecular formula is C22H21FN6O2. The van der Waals surface area contributed by atoms with Crippen LogP contribution in [-0.2, 0) is 17.9 Å². The number of aromatic nitrogens is 4. The lowest BCUT2D eigenvalue weighted by molar-refractivity contribution is -0.122. The second-order valence-corrected chi connectivity index (χ2v) is 7.20. The number of benzene rings is 2. The molecule has 4 rings (SSSR count). The number of fused-ring (bicyclic) bond motifs is 1. The monoisotopic (exact) mass is 420 g/mol. The van der Waals surface area contributed by atoms with Crippen molar-refractivity contribution in [3.8, 4) is 0 Å². The van der Waals surface area contributed by atoms with Crippen LogP contribution in [0.3, 0.4) is 0 Å².